The maximum atomic E-state index is 4.52. The van der Waals surface area contributed by atoms with Gasteiger partial charge in [-0.1, -0.05) is 100 Å². The van der Waals surface area contributed by atoms with E-state index in [0.717, 1.165) is 38.5 Å². The van der Waals surface area contributed by atoms with Gasteiger partial charge >= 0.3 is 0 Å². The number of allylic oxidation sites excluding steroid dienone is 3. The Morgan fingerprint density at radius 3 is 2.32 bits per heavy atom. The minimum atomic E-state index is 0.450. The van der Waals surface area contributed by atoms with Crippen LogP contribution in [0.5, 0.6) is 0 Å². The summed E-state index contributed by atoms with van der Waals surface area (Å²) in [6, 6.07) is 15.6. The van der Waals surface area contributed by atoms with Gasteiger partial charge in [-0.05, 0) is 84.8 Å². The molecule has 0 aliphatic heterocycles. The number of rotatable bonds is 11. The summed E-state index contributed by atoms with van der Waals surface area (Å²) >= 11 is 0. The largest absolute Gasteiger partial charge is 0.0999 e. The lowest BCUT2D eigenvalue weighted by molar-refractivity contribution is 0.574. The highest BCUT2D eigenvalue weighted by Gasteiger charge is 2.26. The Bertz CT molecular complexity index is 913. The van der Waals surface area contributed by atoms with Crippen LogP contribution in [0.25, 0.3) is 5.57 Å². The number of hydrogen-bond donors (Lipinski definition) is 0. The lowest BCUT2D eigenvalue weighted by atomic mass is 9.74. The van der Waals surface area contributed by atoms with E-state index in [9.17, 15) is 0 Å². The Balaban J connectivity index is 1.45. The maximum Gasteiger partial charge on any atom is 0.00489 e. The third-order valence-corrected chi connectivity index (χ3v) is 7.00. The van der Waals surface area contributed by atoms with Gasteiger partial charge in [0, 0.05) is 5.92 Å². The SMILES string of the molecule is C=C(CCCCCC1C(=C)Cc2cc(CC)c(CC)cc2C1=C)CCc1ccccc1. The normalized spacial score (nSPS) is 15.7. The molecule has 1 atom stereocenters. The molecule has 0 nitrogen and oxygen atoms in total. The molecule has 0 saturated carbocycles. The lowest BCUT2D eigenvalue weighted by Crippen LogP contribution is -2.16. The third-order valence-electron chi connectivity index (χ3n) is 7.00. The Morgan fingerprint density at radius 1 is 0.903 bits per heavy atom. The van der Waals surface area contributed by atoms with Gasteiger partial charge in [-0.3, -0.25) is 0 Å². The summed E-state index contributed by atoms with van der Waals surface area (Å²) in [5, 5.41) is 0. The standard InChI is InChI=1S/C31H40/c1-6-27-21-29-20-24(4)30(25(5)31(29)22-28(27)7-2)17-13-8-10-14-23(3)18-19-26-15-11-9-12-16-26/h9,11-12,15-16,21-22,30H,3-8,10,13-14,17-20H2,1-2H3. The van der Waals surface area contributed by atoms with E-state index in [1.165, 1.54) is 70.2 Å². The number of hydrogen-bond acceptors (Lipinski definition) is 0. The van der Waals surface area contributed by atoms with E-state index in [4.69, 9.17) is 0 Å². The van der Waals surface area contributed by atoms with E-state index in [0.29, 0.717) is 5.92 Å². The number of fused-ring (bicyclic) bond motifs is 1. The summed E-state index contributed by atoms with van der Waals surface area (Å²) in [6.07, 6.45) is 11.5. The first-order valence-electron chi connectivity index (χ1n) is 12.3. The summed E-state index contributed by atoms with van der Waals surface area (Å²) in [6.45, 7) is 17.8. The van der Waals surface area contributed by atoms with Gasteiger partial charge in [0.05, 0.1) is 0 Å². The third kappa shape index (κ3) is 6.10. The zero-order valence-corrected chi connectivity index (χ0v) is 19.8. The van der Waals surface area contributed by atoms with E-state index in [2.05, 4.69) is 76.0 Å². The fraction of sp³-hybridized carbons (Fsp3) is 0.419. The summed E-state index contributed by atoms with van der Waals surface area (Å²) in [5.74, 6) is 0.450. The van der Waals surface area contributed by atoms with Crippen LogP contribution in [0.3, 0.4) is 0 Å². The molecule has 31 heavy (non-hydrogen) atoms. The number of aryl methyl sites for hydroxylation is 3. The van der Waals surface area contributed by atoms with Crippen LogP contribution in [0.15, 0.2) is 73.3 Å². The minimum absolute atomic E-state index is 0.450. The molecule has 0 aromatic heterocycles. The van der Waals surface area contributed by atoms with Crippen LogP contribution in [0.2, 0.25) is 0 Å². The van der Waals surface area contributed by atoms with Crippen LogP contribution < -0.4 is 0 Å². The topological polar surface area (TPSA) is 0 Å². The quantitative estimate of drug-likeness (QED) is 0.256. The van der Waals surface area contributed by atoms with Gasteiger partial charge in [0.15, 0.2) is 0 Å². The van der Waals surface area contributed by atoms with Crippen molar-refractivity contribution in [3.63, 3.8) is 0 Å². The number of unbranched alkanes of at least 4 members (excludes halogenated alkanes) is 2. The fourth-order valence-corrected chi connectivity index (χ4v) is 5.02. The highest BCUT2D eigenvalue weighted by Crippen LogP contribution is 2.41. The van der Waals surface area contributed by atoms with E-state index in [1.807, 2.05) is 0 Å². The second-order valence-corrected chi connectivity index (χ2v) is 9.23. The van der Waals surface area contributed by atoms with Crippen LogP contribution in [0.4, 0.5) is 0 Å². The molecule has 0 N–H and O–H groups in total. The molecular weight excluding hydrogens is 372 g/mol. The smallest absolute Gasteiger partial charge is 0.00489 e. The molecule has 1 unspecified atom stereocenters. The van der Waals surface area contributed by atoms with Crippen molar-refractivity contribution in [1.82, 2.24) is 0 Å². The van der Waals surface area contributed by atoms with Gasteiger partial charge in [-0.25, -0.2) is 0 Å². The predicted octanol–water partition coefficient (Wildman–Crippen LogP) is 8.69. The molecule has 0 spiro atoms. The highest BCUT2D eigenvalue weighted by molar-refractivity contribution is 5.74. The van der Waals surface area contributed by atoms with Crippen molar-refractivity contribution in [1.29, 1.82) is 0 Å². The Morgan fingerprint density at radius 2 is 1.61 bits per heavy atom. The molecule has 3 rings (SSSR count). The zero-order valence-electron chi connectivity index (χ0n) is 19.8. The van der Waals surface area contributed by atoms with Crippen molar-refractivity contribution >= 4 is 5.57 Å². The summed E-state index contributed by atoms with van der Waals surface area (Å²) in [7, 11) is 0. The summed E-state index contributed by atoms with van der Waals surface area (Å²) in [4.78, 5) is 0. The van der Waals surface area contributed by atoms with Crippen LogP contribution in [0, 0.1) is 5.92 Å². The Hall–Kier alpha value is -2.34. The molecule has 1 aliphatic carbocycles. The lowest BCUT2D eigenvalue weighted by Gasteiger charge is -2.31. The van der Waals surface area contributed by atoms with E-state index in [1.54, 1.807) is 0 Å². The average molecular weight is 413 g/mol. The van der Waals surface area contributed by atoms with Crippen LogP contribution in [-0.2, 0) is 25.7 Å². The second-order valence-electron chi connectivity index (χ2n) is 9.23. The van der Waals surface area contributed by atoms with Gasteiger partial charge < -0.3 is 0 Å². The molecule has 2 aromatic rings. The zero-order chi connectivity index (χ0) is 22.2. The molecule has 0 amide bonds. The van der Waals surface area contributed by atoms with E-state index in [-0.39, 0.29) is 0 Å². The first-order valence-corrected chi connectivity index (χ1v) is 12.3. The molecule has 0 radical (unpaired) electrons. The van der Waals surface area contributed by atoms with Gasteiger partial charge in [-0.2, -0.15) is 0 Å². The van der Waals surface area contributed by atoms with Gasteiger partial charge in [-0.15, -0.1) is 0 Å². The number of benzene rings is 2. The molecular formula is C31H40. The van der Waals surface area contributed by atoms with Crippen LogP contribution in [-0.4, -0.2) is 0 Å². The minimum Gasteiger partial charge on any atom is -0.0999 e. The van der Waals surface area contributed by atoms with Crippen molar-refractivity contribution in [2.75, 3.05) is 0 Å². The predicted molar refractivity (Wildman–Crippen MR) is 138 cm³/mol. The average Bonchev–Trinajstić information content (AvgIpc) is 2.79. The molecule has 0 heteroatoms. The van der Waals surface area contributed by atoms with Crippen molar-refractivity contribution in [3.05, 3.63) is 101 Å². The van der Waals surface area contributed by atoms with Crippen molar-refractivity contribution < 1.29 is 0 Å². The Labute approximate surface area is 190 Å². The summed E-state index contributed by atoms with van der Waals surface area (Å²) < 4.78 is 0. The molecule has 1 aliphatic rings. The van der Waals surface area contributed by atoms with Gasteiger partial charge in [0.2, 0.25) is 0 Å². The highest BCUT2D eigenvalue weighted by atomic mass is 14.3. The van der Waals surface area contributed by atoms with Gasteiger partial charge in [0.25, 0.3) is 0 Å². The van der Waals surface area contributed by atoms with Crippen molar-refractivity contribution in [3.8, 4) is 0 Å². The molecule has 2 aromatic carbocycles. The van der Waals surface area contributed by atoms with E-state index < -0.39 is 0 Å². The van der Waals surface area contributed by atoms with Gasteiger partial charge in [0.1, 0.15) is 0 Å². The molecule has 0 bridgehead atoms. The second kappa shape index (κ2) is 11.3. The van der Waals surface area contributed by atoms with Crippen LogP contribution >= 0.6 is 0 Å². The molecule has 0 fully saturated rings. The summed E-state index contributed by atoms with van der Waals surface area (Å²) in [5.41, 5.74) is 11.3. The van der Waals surface area contributed by atoms with Crippen molar-refractivity contribution in [2.45, 2.75) is 78.1 Å². The molecule has 0 saturated heterocycles. The first kappa shape index (κ1) is 23.3. The Kier molecular flexibility index (Phi) is 8.52. The van der Waals surface area contributed by atoms with Crippen molar-refractivity contribution in [2.24, 2.45) is 5.92 Å². The monoisotopic (exact) mass is 412 g/mol. The molecule has 164 valence electrons. The fourth-order valence-electron chi connectivity index (χ4n) is 5.02. The molecule has 0 heterocycles. The maximum absolute atomic E-state index is 4.52. The first-order chi connectivity index (χ1) is 15.0. The van der Waals surface area contributed by atoms with E-state index >= 15 is 0 Å². The van der Waals surface area contributed by atoms with Crippen LogP contribution in [0.1, 0.15) is 80.2 Å².